The third-order valence-corrected chi connectivity index (χ3v) is 14.8. The fourth-order valence-electron chi connectivity index (χ4n) is 10.9. The number of methoxy groups -OCH3 is 1. The minimum atomic E-state index is -1.06. The van der Waals surface area contributed by atoms with Gasteiger partial charge in [0.15, 0.2) is 5.78 Å². The Labute approximate surface area is 378 Å². The van der Waals surface area contributed by atoms with Gasteiger partial charge in [-0.25, -0.2) is 0 Å². The van der Waals surface area contributed by atoms with Crippen molar-refractivity contribution in [3.05, 3.63) is 81.5 Å². The quantitative estimate of drug-likeness (QED) is 0.0795. The number of rotatable bonds is 20. The average molecular weight is 861 g/mol. The van der Waals surface area contributed by atoms with Gasteiger partial charge in [-0.15, -0.1) is 6.58 Å². The lowest BCUT2D eigenvalue weighted by atomic mass is 9.77. The molecular formula is C54H76N4O5. The number of hydrogen-bond donors (Lipinski definition) is 1. The van der Waals surface area contributed by atoms with Crippen molar-refractivity contribution in [3.63, 3.8) is 0 Å². The zero-order chi connectivity index (χ0) is 45.5. The molecule has 63 heavy (non-hydrogen) atoms. The van der Waals surface area contributed by atoms with E-state index in [0.717, 1.165) is 82.5 Å². The number of fused-ring (bicyclic) bond motifs is 5. The molecule has 8 atom stereocenters. The van der Waals surface area contributed by atoms with Crippen molar-refractivity contribution < 1.29 is 23.9 Å². The molecular weight excluding hydrogens is 785 g/mol. The van der Waals surface area contributed by atoms with E-state index in [9.17, 15) is 14.4 Å². The minimum absolute atomic E-state index is 0.00854. The van der Waals surface area contributed by atoms with Crippen LogP contribution in [0.2, 0.25) is 0 Å². The average Bonchev–Trinajstić information content (AvgIpc) is 4.01. The number of ether oxygens (including phenoxy) is 2. The number of nitrogens with zero attached hydrogens (tertiary/aromatic N) is 3. The zero-order valence-electron chi connectivity index (χ0n) is 40.2. The number of aromatic nitrogens is 1. The van der Waals surface area contributed by atoms with E-state index in [4.69, 9.17) is 24.5 Å². The highest BCUT2D eigenvalue weighted by Gasteiger charge is 2.57. The van der Waals surface area contributed by atoms with E-state index >= 15 is 0 Å². The van der Waals surface area contributed by atoms with Crippen LogP contribution in [0.1, 0.15) is 149 Å². The Morgan fingerprint density at radius 1 is 0.952 bits per heavy atom. The van der Waals surface area contributed by atoms with Crippen molar-refractivity contribution in [2.75, 3.05) is 13.7 Å². The molecule has 5 aliphatic rings. The van der Waals surface area contributed by atoms with Gasteiger partial charge in [0.1, 0.15) is 12.5 Å². The van der Waals surface area contributed by atoms with E-state index in [2.05, 4.69) is 80.0 Å². The van der Waals surface area contributed by atoms with Crippen molar-refractivity contribution in [2.45, 2.75) is 158 Å². The van der Waals surface area contributed by atoms with Gasteiger partial charge in [-0.1, -0.05) is 98.1 Å². The first-order valence-electron chi connectivity index (χ1n) is 24.3. The van der Waals surface area contributed by atoms with Gasteiger partial charge in [-0.2, -0.15) is 0 Å². The Morgan fingerprint density at radius 2 is 1.65 bits per heavy atom. The van der Waals surface area contributed by atoms with E-state index in [1.54, 1.807) is 0 Å². The summed E-state index contributed by atoms with van der Waals surface area (Å²) in [7, 11) is 1.33. The van der Waals surface area contributed by atoms with Gasteiger partial charge in [0.25, 0.3) is 0 Å². The lowest BCUT2D eigenvalue weighted by Gasteiger charge is -2.26. The van der Waals surface area contributed by atoms with Gasteiger partial charge >= 0.3 is 11.9 Å². The predicted molar refractivity (Wildman–Crippen MR) is 256 cm³/mol. The largest absolute Gasteiger partial charge is 0.468 e. The predicted octanol–water partition coefficient (Wildman–Crippen LogP) is 11.6. The summed E-state index contributed by atoms with van der Waals surface area (Å²) in [5.41, 5.74) is 11.8. The number of hydrogen-bond acceptors (Lipinski definition) is 8. The molecule has 9 nitrogen and oxygen atoms in total. The Morgan fingerprint density at radius 3 is 2.32 bits per heavy atom. The SMILES string of the molecule is C=CC1C2=NC(=C1C)C=C1N=C(C(CCC(=O)OC/C=C(\C)CCCC(C)CCCC(C)CCCC(C)C)C1C)C1C3N=C(C=C3C(=O)C1C(=O)OC)Cc1[nH]c(c(C)c1CC)C2. The minimum Gasteiger partial charge on any atom is -0.468 e. The monoisotopic (exact) mass is 861 g/mol. The number of Topliss-reactive ketones (excluding diaryl/α,β-unsaturated/α-hetero) is 1. The third kappa shape index (κ3) is 11.1. The topological polar surface area (TPSA) is 123 Å². The lowest BCUT2D eigenvalue weighted by Crippen LogP contribution is -2.37. The first kappa shape index (κ1) is 48.1. The summed E-state index contributed by atoms with van der Waals surface area (Å²) in [6.07, 6.45) is 22.0. The van der Waals surface area contributed by atoms with Crippen LogP contribution < -0.4 is 0 Å². The summed E-state index contributed by atoms with van der Waals surface area (Å²) >= 11 is 0. The summed E-state index contributed by atoms with van der Waals surface area (Å²) in [4.78, 5) is 60.6. The number of ketones is 1. The second-order valence-corrected chi connectivity index (χ2v) is 20.0. The molecule has 0 spiro atoms. The molecule has 5 heterocycles. The van der Waals surface area contributed by atoms with Crippen LogP contribution in [0, 0.1) is 54.3 Å². The summed E-state index contributed by atoms with van der Waals surface area (Å²) in [6, 6.07) is -0.559. The number of aliphatic imine (C=N–C) groups is 3. The van der Waals surface area contributed by atoms with Crippen LogP contribution in [0.5, 0.6) is 0 Å². The summed E-state index contributed by atoms with van der Waals surface area (Å²) in [6.45, 7) is 24.5. The Kier molecular flexibility index (Phi) is 16.4. The van der Waals surface area contributed by atoms with Crippen LogP contribution in [0.4, 0.5) is 0 Å². The van der Waals surface area contributed by atoms with Crippen LogP contribution in [-0.4, -0.2) is 59.6 Å². The highest BCUT2D eigenvalue weighted by atomic mass is 16.5. The standard InChI is InChI=1S/C54H76N4O5/c1-12-39-35(8)44-30-47-40(13-2)36(9)43(57-47)29-45-37(10)41(51(58-45)49-50(54(61)62-11)53(60)42-27-38(55-52(42)49)28-46(39)56-44)23-24-48(59)63-26-25-34(7)22-16-21-33(6)20-15-19-32(5)18-14-17-31(3)4/h13,25,27,29,31-33,37,40-41,49-50,52,56H,2,12,14-24,26,28,30H2,1,3-11H3/b34-25+,45-29?. The van der Waals surface area contributed by atoms with E-state index in [0.29, 0.717) is 24.8 Å². The molecule has 1 aromatic heterocycles. The van der Waals surface area contributed by atoms with Crippen molar-refractivity contribution in [3.8, 4) is 0 Å². The smallest absolute Gasteiger partial charge is 0.317 e. The molecule has 0 radical (unpaired) electrons. The molecule has 1 aliphatic carbocycles. The summed E-state index contributed by atoms with van der Waals surface area (Å²) in [5.74, 6) is -0.799. The molecule has 8 unspecified atom stereocenters. The maximum Gasteiger partial charge on any atom is 0.317 e. The first-order chi connectivity index (χ1) is 30.1. The molecule has 0 amide bonds. The molecule has 1 saturated carbocycles. The summed E-state index contributed by atoms with van der Waals surface area (Å²) < 4.78 is 11.1. The number of nitrogens with one attached hydrogen (secondary N) is 1. The van der Waals surface area contributed by atoms with E-state index in [1.807, 2.05) is 18.2 Å². The molecule has 342 valence electrons. The van der Waals surface area contributed by atoms with Crippen molar-refractivity contribution in [1.82, 2.24) is 4.98 Å². The molecule has 4 aliphatic heterocycles. The molecule has 8 bridgehead atoms. The van der Waals surface area contributed by atoms with Gasteiger partial charge in [-0.05, 0) is 99.1 Å². The van der Waals surface area contributed by atoms with Gasteiger partial charge in [0, 0.05) is 82.7 Å². The molecule has 0 aromatic carbocycles. The fraction of sp³-hybridized carbons (Fsp3) is 0.630. The highest BCUT2D eigenvalue weighted by Crippen LogP contribution is 2.48. The Hall–Kier alpha value is -4.40. The number of aromatic amines is 1. The Bertz CT molecular complexity index is 2120. The maximum atomic E-state index is 14.2. The fourth-order valence-corrected chi connectivity index (χ4v) is 10.9. The number of H-pyrrole nitrogens is 1. The van der Waals surface area contributed by atoms with E-state index in [-0.39, 0.29) is 42.5 Å². The molecule has 9 heteroatoms. The second kappa shape index (κ2) is 21.5. The van der Waals surface area contributed by atoms with Crippen molar-refractivity contribution in [1.29, 1.82) is 0 Å². The van der Waals surface area contributed by atoms with Crippen LogP contribution in [0.15, 0.2) is 74.0 Å². The highest BCUT2D eigenvalue weighted by molar-refractivity contribution is 6.21. The molecule has 0 saturated heterocycles. The normalized spacial score (nSPS) is 25.2. The van der Waals surface area contributed by atoms with Crippen LogP contribution in [0.25, 0.3) is 0 Å². The van der Waals surface area contributed by atoms with Gasteiger partial charge in [0.05, 0.1) is 18.8 Å². The third-order valence-electron chi connectivity index (χ3n) is 14.8. The van der Waals surface area contributed by atoms with Crippen molar-refractivity contribution in [2.24, 2.45) is 62.3 Å². The molecule has 1 N–H and O–H groups in total. The number of esters is 2. The zero-order valence-corrected chi connectivity index (χ0v) is 40.2. The number of carbonyl (C=O) groups is 3. The molecule has 6 rings (SSSR count). The van der Waals surface area contributed by atoms with Crippen molar-refractivity contribution >= 4 is 34.9 Å². The number of carbonyl (C=O) groups excluding carboxylic acids is 3. The van der Waals surface area contributed by atoms with E-state index in [1.165, 1.54) is 68.8 Å². The maximum absolute atomic E-state index is 14.2. The van der Waals surface area contributed by atoms with Gasteiger partial charge in [0.2, 0.25) is 0 Å². The second-order valence-electron chi connectivity index (χ2n) is 20.0. The van der Waals surface area contributed by atoms with Crippen LogP contribution in [-0.2, 0) is 43.1 Å². The molecule has 1 fully saturated rings. The summed E-state index contributed by atoms with van der Waals surface area (Å²) in [5, 5.41) is 0. The van der Waals surface area contributed by atoms with Gasteiger partial charge in [-0.3, -0.25) is 29.4 Å². The molecule has 1 aromatic rings. The first-order valence-corrected chi connectivity index (χ1v) is 24.3. The lowest BCUT2D eigenvalue weighted by molar-refractivity contribution is -0.149. The Balaban J connectivity index is 1.15. The van der Waals surface area contributed by atoms with Gasteiger partial charge < -0.3 is 14.5 Å². The van der Waals surface area contributed by atoms with Crippen LogP contribution in [0.3, 0.4) is 0 Å². The number of allylic oxidation sites excluding steroid dienone is 6. The van der Waals surface area contributed by atoms with Crippen LogP contribution >= 0.6 is 0 Å². The van der Waals surface area contributed by atoms with E-state index < -0.39 is 23.8 Å².